The van der Waals surface area contributed by atoms with Crippen LogP contribution in [-0.4, -0.2) is 23.2 Å². The van der Waals surface area contributed by atoms with E-state index in [2.05, 4.69) is 0 Å². The number of nitrogens with zero attached hydrogens (tertiary/aromatic N) is 1. The van der Waals surface area contributed by atoms with Crippen molar-refractivity contribution in [1.29, 1.82) is 0 Å². The lowest BCUT2D eigenvalue weighted by atomic mass is 10.1. The number of methoxy groups -OCH3 is 1. The van der Waals surface area contributed by atoms with Gasteiger partial charge in [-0.05, 0) is 50.6 Å². The predicted molar refractivity (Wildman–Crippen MR) is 117 cm³/mol. The smallest absolute Gasteiger partial charge is 0.326 e. The number of benzene rings is 2. The Morgan fingerprint density at radius 2 is 1.73 bits per heavy atom. The first kappa shape index (κ1) is 19.8. The average molecular weight is 403 g/mol. The van der Waals surface area contributed by atoms with Crippen molar-refractivity contribution in [2.75, 3.05) is 7.11 Å². The first-order valence-corrected chi connectivity index (χ1v) is 9.88. The summed E-state index contributed by atoms with van der Waals surface area (Å²) in [6.07, 6.45) is 1.72. The molecule has 0 N–H and O–H groups in total. The Bertz CT molecular complexity index is 1180. The number of furan rings is 1. The highest BCUT2D eigenvalue weighted by Gasteiger charge is 2.21. The molecular weight excluding hydrogens is 378 g/mol. The zero-order valence-corrected chi connectivity index (χ0v) is 17.6. The maximum absolute atomic E-state index is 12.7. The Hall–Kier alpha value is -3.47. The average Bonchev–Trinajstić information content (AvgIpc) is 3.30. The summed E-state index contributed by atoms with van der Waals surface area (Å²) in [5.74, 6) is 0.448. The summed E-state index contributed by atoms with van der Waals surface area (Å²) in [6.45, 7) is 5.72. The monoisotopic (exact) mass is 403 g/mol. The number of carbonyl (C=O) groups is 1. The second kappa shape index (κ2) is 7.75. The molecule has 0 amide bonds. The van der Waals surface area contributed by atoms with E-state index < -0.39 is 5.60 Å². The molecule has 0 fully saturated rings. The first-order valence-electron chi connectivity index (χ1n) is 9.88. The molecule has 5 nitrogen and oxygen atoms in total. The van der Waals surface area contributed by atoms with E-state index in [1.807, 2.05) is 86.0 Å². The van der Waals surface area contributed by atoms with Gasteiger partial charge >= 0.3 is 5.97 Å². The van der Waals surface area contributed by atoms with E-state index in [1.165, 1.54) is 0 Å². The minimum Gasteiger partial charge on any atom is -0.497 e. The van der Waals surface area contributed by atoms with Gasteiger partial charge in [-0.25, -0.2) is 0 Å². The van der Waals surface area contributed by atoms with Crippen molar-refractivity contribution in [3.05, 3.63) is 66.9 Å². The van der Waals surface area contributed by atoms with E-state index in [0.29, 0.717) is 0 Å². The molecule has 4 rings (SSSR count). The Kier molecular flexibility index (Phi) is 5.12. The first-order chi connectivity index (χ1) is 14.4. The van der Waals surface area contributed by atoms with Crippen LogP contribution in [0.3, 0.4) is 0 Å². The van der Waals surface area contributed by atoms with Gasteiger partial charge in [-0.15, -0.1) is 0 Å². The topological polar surface area (TPSA) is 53.6 Å². The van der Waals surface area contributed by atoms with Crippen molar-refractivity contribution in [1.82, 2.24) is 4.57 Å². The van der Waals surface area contributed by atoms with Crippen LogP contribution in [-0.2, 0) is 16.1 Å². The molecule has 0 aliphatic rings. The molecule has 0 saturated heterocycles. The van der Waals surface area contributed by atoms with E-state index in [0.717, 1.165) is 39.2 Å². The minimum atomic E-state index is -0.545. The van der Waals surface area contributed by atoms with Crippen molar-refractivity contribution < 1.29 is 18.7 Å². The summed E-state index contributed by atoms with van der Waals surface area (Å²) in [5, 5.41) is 0.957. The number of esters is 1. The van der Waals surface area contributed by atoms with Gasteiger partial charge in [-0.1, -0.05) is 30.3 Å². The molecule has 2 aromatic heterocycles. The number of fused-ring (bicyclic) bond motifs is 1. The summed E-state index contributed by atoms with van der Waals surface area (Å²) in [4.78, 5) is 12.7. The molecule has 30 heavy (non-hydrogen) atoms. The van der Waals surface area contributed by atoms with Gasteiger partial charge < -0.3 is 18.5 Å². The summed E-state index contributed by atoms with van der Waals surface area (Å²) < 4.78 is 18.7. The molecule has 2 aromatic carbocycles. The standard InChI is InChI=1S/C25H25NO4/c1-25(2,3)30-24(27)15-26-21(17-8-6-5-7-9-17)12-13-22(26)20-16-29-23-14-18(28-4)10-11-19(20)23/h5-14,16H,15H2,1-4H3. The number of ether oxygens (including phenoxy) is 2. The lowest BCUT2D eigenvalue weighted by Gasteiger charge is -2.21. The molecule has 5 heteroatoms. The molecule has 0 atom stereocenters. The van der Waals surface area contributed by atoms with Gasteiger partial charge in [0.1, 0.15) is 29.7 Å². The molecule has 0 aliphatic carbocycles. The molecule has 0 unspecified atom stereocenters. The van der Waals surface area contributed by atoms with Gasteiger partial charge in [-0.2, -0.15) is 0 Å². The van der Waals surface area contributed by atoms with Crippen molar-refractivity contribution >= 4 is 16.9 Å². The normalized spacial score (nSPS) is 11.6. The molecule has 0 radical (unpaired) electrons. The van der Waals surface area contributed by atoms with E-state index in [4.69, 9.17) is 13.9 Å². The zero-order chi connectivity index (χ0) is 21.3. The maximum atomic E-state index is 12.7. The fourth-order valence-corrected chi connectivity index (χ4v) is 3.57. The van der Waals surface area contributed by atoms with Crippen LogP contribution in [0.2, 0.25) is 0 Å². The Balaban J connectivity index is 1.82. The van der Waals surface area contributed by atoms with Crippen LogP contribution in [0.1, 0.15) is 20.8 Å². The number of carbonyl (C=O) groups excluding carboxylic acids is 1. The highest BCUT2D eigenvalue weighted by Crippen LogP contribution is 2.36. The quantitative estimate of drug-likeness (QED) is 0.388. The summed E-state index contributed by atoms with van der Waals surface area (Å²) in [7, 11) is 1.63. The fraction of sp³-hybridized carbons (Fsp3) is 0.240. The molecule has 0 spiro atoms. The van der Waals surface area contributed by atoms with Gasteiger partial charge in [0.15, 0.2) is 0 Å². The highest BCUT2D eigenvalue weighted by atomic mass is 16.6. The second-order valence-electron chi connectivity index (χ2n) is 8.15. The predicted octanol–water partition coefficient (Wildman–Crippen LogP) is 5.92. The molecule has 154 valence electrons. The zero-order valence-electron chi connectivity index (χ0n) is 17.6. The third-order valence-electron chi connectivity index (χ3n) is 4.82. The van der Waals surface area contributed by atoms with E-state index in [9.17, 15) is 4.79 Å². The van der Waals surface area contributed by atoms with Crippen LogP contribution in [0.25, 0.3) is 33.5 Å². The third-order valence-corrected chi connectivity index (χ3v) is 4.82. The summed E-state index contributed by atoms with van der Waals surface area (Å²) in [6, 6.07) is 19.8. The Labute approximate surface area is 175 Å². The molecule has 4 aromatic rings. The van der Waals surface area contributed by atoms with Crippen molar-refractivity contribution in [3.8, 4) is 28.3 Å². The van der Waals surface area contributed by atoms with Crippen LogP contribution in [0.5, 0.6) is 5.75 Å². The van der Waals surface area contributed by atoms with Gasteiger partial charge in [0.05, 0.1) is 12.8 Å². The lowest BCUT2D eigenvalue weighted by molar-refractivity contribution is -0.155. The summed E-state index contributed by atoms with van der Waals surface area (Å²) >= 11 is 0. The number of hydrogen-bond donors (Lipinski definition) is 0. The molecule has 0 saturated carbocycles. The third kappa shape index (κ3) is 3.96. The largest absolute Gasteiger partial charge is 0.497 e. The number of aromatic nitrogens is 1. The fourth-order valence-electron chi connectivity index (χ4n) is 3.57. The van der Waals surface area contributed by atoms with Crippen molar-refractivity contribution in [2.24, 2.45) is 0 Å². The second-order valence-corrected chi connectivity index (χ2v) is 8.15. The number of hydrogen-bond acceptors (Lipinski definition) is 4. The molecule has 2 heterocycles. The number of rotatable bonds is 5. The van der Waals surface area contributed by atoms with Gasteiger partial charge in [0.25, 0.3) is 0 Å². The molecular formula is C25H25NO4. The van der Waals surface area contributed by atoms with Gasteiger partial charge in [-0.3, -0.25) is 4.79 Å². The van der Waals surface area contributed by atoms with Crippen LogP contribution >= 0.6 is 0 Å². The Morgan fingerprint density at radius 3 is 2.43 bits per heavy atom. The van der Waals surface area contributed by atoms with Gasteiger partial charge in [0.2, 0.25) is 0 Å². The van der Waals surface area contributed by atoms with E-state index in [1.54, 1.807) is 13.4 Å². The highest BCUT2D eigenvalue weighted by molar-refractivity contribution is 5.94. The van der Waals surface area contributed by atoms with Crippen LogP contribution in [0.15, 0.2) is 71.3 Å². The van der Waals surface area contributed by atoms with Crippen LogP contribution < -0.4 is 4.74 Å². The molecule has 0 bridgehead atoms. The van der Waals surface area contributed by atoms with Crippen LogP contribution in [0.4, 0.5) is 0 Å². The van der Waals surface area contributed by atoms with E-state index >= 15 is 0 Å². The SMILES string of the molecule is COc1ccc2c(-c3ccc(-c4ccccc4)n3CC(=O)OC(C)(C)C)coc2c1. The summed E-state index contributed by atoms with van der Waals surface area (Å²) in [5.41, 5.74) is 3.97. The Morgan fingerprint density at radius 1 is 1.00 bits per heavy atom. The van der Waals surface area contributed by atoms with Crippen LogP contribution in [0, 0.1) is 0 Å². The van der Waals surface area contributed by atoms with Gasteiger partial charge in [0, 0.05) is 22.7 Å². The van der Waals surface area contributed by atoms with E-state index in [-0.39, 0.29) is 12.5 Å². The molecule has 0 aliphatic heterocycles. The maximum Gasteiger partial charge on any atom is 0.326 e. The van der Waals surface area contributed by atoms with Crippen molar-refractivity contribution in [3.63, 3.8) is 0 Å². The lowest BCUT2D eigenvalue weighted by Crippen LogP contribution is -2.26. The van der Waals surface area contributed by atoms with Crippen molar-refractivity contribution in [2.45, 2.75) is 32.9 Å². The minimum absolute atomic E-state index is 0.104.